The lowest BCUT2D eigenvalue weighted by Gasteiger charge is -2.13. The third kappa shape index (κ3) is 3.09. The zero-order valence-electron chi connectivity index (χ0n) is 14.2. The van der Waals surface area contributed by atoms with Gasteiger partial charge in [-0.25, -0.2) is 18.0 Å². The Morgan fingerprint density at radius 1 is 1.04 bits per heavy atom. The van der Waals surface area contributed by atoms with E-state index in [9.17, 15) is 22.8 Å². The lowest BCUT2D eigenvalue weighted by Crippen LogP contribution is -2.32. The van der Waals surface area contributed by atoms with Crippen molar-refractivity contribution in [3.63, 3.8) is 0 Å². The number of carbonyl (C=O) groups excluding carboxylic acids is 2. The average Bonchev–Trinajstić information content (AvgIpc) is 3.18. The number of aromatic nitrogens is 1. The topological polar surface area (TPSA) is 65.2 Å². The second-order valence-corrected chi connectivity index (χ2v) is 6.85. The first-order chi connectivity index (χ1) is 13.3. The van der Waals surface area contributed by atoms with E-state index in [-0.39, 0.29) is 23.6 Å². The Labute approximate surface area is 162 Å². The molecule has 1 aliphatic rings. The molecule has 0 bridgehead atoms. The van der Waals surface area contributed by atoms with Gasteiger partial charge in [-0.3, -0.25) is 9.69 Å². The number of nitrogens with one attached hydrogen (secondary N) is 2. The van der Waals surface area contributed by atoms with Crippen LogP contribution in [-0.4, -0.2) is 27.9 Å². The van der Waals surface area contributed by atoms with Gasteiger partial charge in [0.2, 0.25) is 0 Å². The summed E-state index contributed by atoms with van der Waals surface area (Å²) in [7, 11) is 0. The Balaban J connectivity index is 1.54. The number of imide groups is 1. The van der Waals surface area contributed by atoms with Gasteiger partial charge in [-0.1, -0.05) is 17.7 Å². The van der Waals surface area contributed by atoms with Crippen molar-refractivity contribution in [1.82, 2.24) is 15.2 Å². The number of nitrogens with zero attached hydrogens (tertiary/aromatic N) is 1. The molecule has 1 saturated heterocycles. The molecule has 3 aromatic rings. The van der Waals surface area contributed by atoms with Crippen LogP contribution in [0.2, 0.25) is 5.02 Å². The summed E-state index contributed by atoms with van der Waals surface area (Å²) in [5.41, 5.74) is 1.38. The minimum atomic E-state index is -1.05. The normalized spacial score (nSPS) is 16.9. The second-order valence-electron chi connectivity index (χ2n) is 6.48. The molecule has 5 nitrogen and oxygen atoms in total. The molecule has 1 unspecified atom stereocenters. The van der Waals surface area contributed by atoms with Crippen molar-refractivity contribution in [2.45, 2.75) is 19.0 Å². The molecule has 28 heavy (non-hydrogen) atoms. The van der Waals surface area contributed by atoms with Crippen LogP contribution in [0.5, 0.6) is 0 Å². The predicted molar refractivity (Wildman–Crippen MR) is 96.2 cm³/mol. The molecule has 0 radical (unpaired) electrons. The highest BCUT2D eigenvalue weighted by molar-refractivity contribution is 6.35. The van der Waals surface area contributed by atoms with E-state index in [4.69, 9.17) is 11.6 Å². The van der Waals surface area contributed by atoms with Gasteiger partial charge in [0.25, 0.3) is 5.91 Å². The van der Waals surface area contributed by atoms with E-state index in [2.05, 4.69) is 10.3 Å². The van der Waals surface area contributed by atoms with Crippen LogP contribution in [0.15, 0.2) is 36.5 Å². The van der Waals surface area contributed by atoms with Crippen molar-refractivity contribution in [3.05, 3.63) is 70.1 Å². The van der Waals surface area contributed by atoms with Gasteiger partial charge in [-0.05, 0) is 35.4 Å². The Bertz CT molecular complexity index is 1120. The van der Waals surface area contributed by atoms with E-state index in [1.54, 1.807) is 12.3 Å². The van der Waals surface area contributed by atoms with E-state index in [1.807, 2.05) is 0 Å². The molecule has 1 aromatic heterocycles. The molecule has 1 aliphatic heterocycles. The van der Waals surface area contributed by atoms with Crippen molar-refractivity contribution in [3.8, 4) is 0 Å². The Hall–Kier alpha value is -3.00. The Kier molecular flexibility index (Phi) is 4.50. The zero-order chi connectivity index (χ0) is 20.0. The maximum absolute atomic E-state index is 13.6. The molecule has 0 spiro atoms. The monoisotopic (exact) mass is 407 g/mol. The number of benzene rings is 2. The number of rotatable bonds is 4. The fourth-order valence-electron chi connectivity index (χ4n) is 3.27. The summed E-state index contributed by atoms with van der Waals surface area (Å²) in [6.07, 6.45) is 1.77. The van der Waals surface area contributed by atoms with Gasteiger partial charge in [-0.2, -0.15) is 0 Å². The molecule has 1 atom stereocenters. The molecular formula is C19H13ClF3N3O2. The number of hydrogen-bond acceptors (Lipinski definition) is 2. The molecule has 9 heteroatoms. The van der Waals surface area contributed by atoms with Crippen LogP contribution >= 0.6 is 11.6 Å². The van der Waals surface area contributed by atoms with Crippen molar-refractivity contribution in [2.24, 2.45) is 0 Å². The molecule has 3 amide bonds. The standard InChI is InChI=1S/C19H13ClF3N3O2/c20-16-13(22)4-2-11-10(7-24-17(11)16)6-15-18(27)26(19(28)25-15)8-9-1-3-12(21)14(23)5-9/h1-5,7,15,24H,6,8H2,(H,25,28). The van der Waals surface area contributed by atoms with Crippen LogP contribution in [0.3, 0.4) is 0 Å². The smallest absolute Gasteiger partial charge is 0.325 e. The highest BCUT2D eigenvalue weighted by Crippen LogP contribution is 2.29. The third-order valence-corrected chi connectivity index (χ3v) is 5.06. The van der Waals surface area contributed by atoms with Gasteiger partial charge >= 0.3 is 6.03 Å². The van der Waals surface area contributed by atoms with Gasteiger partial charge in [0, 0.05) is 18.0 Å². The second kappa shape index (κ2) is 6.87. The SMILES string of the molecule is O=C1NC(Cc2c[nH]c3c(Cl)c(F)ccc23)C(=O)N1Cc1ccc(F)c(F)c1. The summed E-state index contributed by atoms with van der Waals surface area (Å²) in [5, 5.41) is 3.17. The van der Waals surface area contributed by atoms with Gasteiger partial charge < -0.3 is 10.3 Å². The molecule has 0 saturated carbocycles. The van der Waals surface area contributed by atoms with Crippen LogP contribution in [-0.2, 0) is 17.8 Å². The predicted octanol–water partition coefficient (Wildman–Crippen LogP) is 3.90. The first-order valence-electron chi connectivity index (χ1n) is 8.35. The zero-order valence-corrected chi connectivity index (χ0v) is 15.0. The molecule has 2 N–H and O–H groups in total. The molecular weight excluding hydrogens is 395 g/mol. The van der Waals surface area contributed by atoms with Gasteiger partial charge in [0.05, 0.1) is 12.1 Å². The molecule has 1 fully saturated rings. The molecule has 4 rings (SSSR count). The largest absolute Gasteiger partial charge is 0.360 e. The van der Waals surface area contributed by atoms with Crippen molar-refractivity contribution >= 4 is 34.4 Å². The van der Waals surface area contributed by atoms with Gasteiger partial charge in [0.1, 0.15) is 16.9 Å². The summed E-state index contributed by atoms with van der Waals surface area (Å²) < 4.78 is 40.0. The first kappa shape index (κ1) is 18.4. The fraction of sp³-hybridized carbons (Fsp3) is 0.158. The average molecular weight is 408 g/mol. The first-order valence-corrected chi connectivity index (χ1v) is 8.72. The van der Waals surface area contributed by atoms with Crippen molar-refractivity contribution in [1.29, 1.82) is 0 Å². The molecule has 0 aliphatic carbocycles. The van der Waals surface area contributed by atoms with Crippen molar-refractivity contribution < 1.29 is 22.8 Å². The van der Waals surface area contributed by atoms with E-state index >= 15 is 0 Å². The minimum Gasteiger partial charge on any atom is -0.360 e. The number of fused-ring (bicyclic) bond motifs is 1. The Morgan fingerprint density at radius 2 is 1.79 bits per heavy atom. The summed E-state index contributed by atoms with van der Waals surface area (Å²) in [5.74, 6) is -3.11. The molecule has 2 heterocycles. The lowest BCUT2D eigenvalue weighted by atomic mass is 10.0. The van der Waals surface area contributed by atoms with Gasteiger partial charge in [0.15, 0.2) is 11.6 Å². The summed E-state index contributed by atoms with van der Waals surface area (Å²) >= 11 is 5.94. The maximum Gasteiger partial charge on any atom is 0.325 e. The van der Waals surface area contributed by atoms with Crippen LogP contribution in [0, 0.1) is 17.5 Å². The van der Waals surface area contributed by atoms with E-state index in [0.717, 1.165) is 17.0 Å². The number of amides is 3. The number of aromatic amines is 1. The minimum absolute atomic E-state index is 0.0505. The van der Waals surface area contributed by atoms with Crippen molar-refractivity contribution in [2.75, 3.05) is 0 Å². The molecule has 2 aromatic carbocycles. The fourth-order valence-corrected chi connectivity index (χ4v) is 3.49. The number of halogens is 4. The lowest BCUT2D eigenvalue weighted by molar-refractivity contribution is -0.127. The van der Waals surface area contributed by atoms with E-state index < -0.39 is 35.4 Å². The van der Waals surface area contributed by atoms with Crippen LogP contribution < -0.4 is 5.32 Å². The number of hydrogen-bond donors (Lipinski definition) is 2. The van der Waals surface area contributed by atoms with E-state index in [0.29, 0.717) is 16.5 Å². The number of H-pyrrole nitrogens is 1. The highest BCUT2D eigenvalue weighted by Gasteiger charge is 2.38. The quantitative estimate of drug-likeness (QED) is 0.644. The highest BCUT2D eigenvalue weighted by atomic mass is 35.5. The Morgan fingerprint density at radius 3 is 2.54 bits per heavy atom. The maximum atomic E-state index is 13.6. The third-order valence-electron chi connectivity index (χ3n) is 4.69. The van der Waals surface area contributed by atoms with E-state index in [1.165, 1.54) is 12.1 Å². The summed E-state index contributed by atoms with van der Waals surface area (Å²) in [6.45, 7) is -0.177. The summed E-state index contributed by atoms with van der Waals surface area (Å²) in [6, 6.07) is 4.51. The molecule has 144 valence electrons. The van der Waals surface area contributed by atoms with Gasteiger partial charge in [-0.15, -0.1) is 0 Å². The van der Waals surface area contributed by atoms with Crippen LogP contribution in [0.25, 0.3) is 10.9 Å². The number of carbonyl (C=O) groups is 2. The van der Waals surface area contributed by atoms with Crippen LogP contribution in [0.4, 0.5) is 18.0 Å². The summed E-state index contributed by atoms with van der Waals surface area (Å²) in [4.78, 5) is 28.6. The van der Waals surface area contributed by atoms with Crippen LogP contribution in [0.1, 0.15) is 11.1 Å². The number of urea groups is 1.